The van der Waals surface area contributed by atoms with Gasteiger partial charge in [0.1, 0.15) is 6.07 Å². The first-order chi connectivity index (χ1) is 19.2. The molecular weight excluding hydrogens is 538 g/mol. The predicted molar refractivity (Wildman–Crippen MR) is 149 cm³/mol. The molecule has 2 aromatic heterocycles. The third-order valence-corrected chi connectivity index (χ3v) is 7.22. The van der Waals surface area contributed by atoms with Crippen molar-refractivity contribution < 1.29 is 14.3 Å². The number of benzene rings is 1. The summed E-state index contributed by atoms with van der Waals surface area (Å²) in [5.74, 6) is -0.143. The Morgan fingerprint density at radius 2 is 1.98 bits per heavy atom. The van der Waals surface area contributed by atoms with E-state index in [1.165, 1.54) is 21.7 Å². The second-order valence-electron chi connectivity index (χ2n) is 10.2. The van der Waals surface area contributed by atoms with E-state index in [9.17, 15) is 19.2 Å². The highest BCUT2D eigenvalue weighted by Crippen LogP contribution is 2.30. The fourth-order valence-corrected chi connectivity index (χ4v) is 4.89. The van der Waals surface area contributed by atoms with Crippen LogP contribution < -0.4 is 21.9 Å². The minimum Gasteiger partial charge on any atom is -0.365 e. The van der Waals surface area contributed by atoms with E-state index < -0.39 is 18.0 Å². The first-order valence-corrected chi connectivity index (χ1v) is 13.4. The third kappa shape index (κ3) is 5.57. The molecule has 1 saturated heterocycles. The molecule has 3 amide bonds. The average molecular weight is 566 g/mol. The molecule has 3 heterocycles. The van der Waals surface area contributed by atoms with Gasteiger partial charge in [-0.25, -0.2) is 14.6 Å². The average Bonchev–Trinajstić information content (AvgIpc) is 3.76. The molecule has 1 saturated carbocycles. The molecule has 12 nitrogen and oxygen atoms in total. The molecule has 1 unspecified atom stereocenters. The number of fused-ring (bicyclic) bond motifs is 1. The van der Waals surface area contributed by atoms with Gasteiger partial charge in [-0.3, -0.25) is 18.7 Å². The number of hydrogen-bond donors (Lipinski definition) is 2. The lowest BCUT2D eigenvalue weighted by molar-refractivity contribution is -0.131. The molecule has 1 aromatic carbocycles. The summed E-state index contributed by atoms with van der Waals surface area (Å²) in [7, 11) is 0. The zero-order valence-electron chi connectivity index (χ0n) is 22.0. The molecule has 208 valence electrons. The van der Waals surface area contributed by atoms with Crippen LogP contribution in [0.15, 0.2) is 40.1 Å². The van der Waals surface area contributed by atoms with Gasteiger partial charge >= 0.3 is 11.7 Å². The Morgan fingerprint density at radius 3 is 2.65 bits per heavy atom. The number of amides is 3. The number of nitrogens with one attached hydrogen (secondary N) is 2. The number of hydrogen-bond acceptors (Lipinski definition) is 7. The largest absolute Gasteiger partial charge is 0.365 e. The summed E-state index contributed by atoms with van der Waals surface area (Å²) in [6.07, 6.45) is 2.37. The number of urea groups is 1. The van der Waals surface area contributed by atoms with Crippen LogP contribution in [0.1, 0.15) is 38.4 Å². The van der Waals surface area contributed by atoms with Crippen molar-refractivity contribution in [2.24, 2.45) is 5.92 Å². The standard InChI is InChI=1S/C27H28ClN7O5/c1-15(2)35-22-6-5-17(9-19(22)25(37)34(27(35)39)13-16-3-4-16)31-24(36)23-14-33(7-8-40-23)26(38)32-18-10-20(28)21(11-29)30-12-18/h5-6,9-10,12,15-16,23H,3-4,7-8,13-14H2,1-2H3,(H,31,36)(H,32,38). The van der Waals surface area contributed by atoms with Crippen molar-refractivity contribution in [3.05, 3.63) is 62.0 Å². The summed E-state index contributed by atoms with van der Waals surface area (Å²) in [6.45, 7) is 4.55. The summed E-state index contributed by atoms with van der Waals surface area (Å²) in [5, 5.41) is 14.9. The number of rotatable bonds is 6. The smallest absolute Gasteiger partial charge is 0.331 e. The zero-order valence-corrected chi connectivity index (χ0v) is 22.8. The van der Waals surface area contributed by atoms with Gasteiger partial charge < -0.3 is 20.3 Å². The Balaban J connectivity index is 1.32. The van der Waals surface area contributed by atoms with Crippen molar-refractivity contribution in [3.63, 3.8) is 0 Å². The molecule has 5 rings (SSSR count). The summed E-state index contributed by atoms with van der Waals surface area (Å²) in [4.78, 5) is 57.6. The Hall–Kier alpha value is -4.21. The number of anilines is 2. The molecule has 40 heavy (non-hydrogen) atoms. The predicted octanol–water partition coefficient (Wildman–Crippen LogP) is 2.95. The van der Waals surface area contributed by atoms with Crippen molar-refractivity contribution in [1.29, 1.82) is 5.26 Å². The van der Waals surface area contributed by atoms with Crippen LogP contribution in [0.2, 0.25) is 5.02 Å². The summed E-state index contributed by atoms with van der Waals surface area (Å²) < 4.78 is 8.52. The lowest BCUT2D eigenvalue weighted by Crippen LogP contribution is -2.51. The second kappa shape index (κ2) is 11.1. The van der Waals surface area contributed by atoms with Crippen LogP contribution in [0.3, 0.4) is 0 Å². The third-order valence-electron chi connectivity index (χ3n) is 6.93. The number of halogens is 1. The lowest BCUT2D eigenvalue weighted by atomic mass is 10.2. The maximum atomic E-state index is 13.3. The molecule has 2 N–H and O–H groups in total. The lowest BCUT2D eigenvalue weighted by Gasteiger charge is -2.32. The van der Waals surface area contributed by atoms with Gasteiger partial charge in [0.15, 0.2) is 11.8 Å². The van der Waals surface area contributed by atoms with Gasteiger partial charge in [0.05, 0.1) is 41.0 Å². The van der Waals surface area contributed by atoms with Crippen LogP contribution >= 0.6 is 11.6 Å². The highest BCUT2D eigenvalue weighted by Gasteiger charge is 2.30. The monoisotopic (exact) mass is 565 g/mol. The van der Waals surface area contributed by atoms with E-state index >= 15 is 0 Å². The van der Waals surface area contributed by atoms with E-state index in [4.69, 9.17) is 21.6 Å². The van der Waals surface area contributed by atoms with Crippen LogP contribution in [-0.2, 0) is 16.1 Å². The number of carbonyl (C=O) groups excluding carboxylic acids is 2. The van der Waals surface area contributed by atoms with Gasteiger partial charge in [0.25, 0.3) is 11.5 Å². The highest BCUT2D eigenvalue weighted by molar-refractivity contribution is 6.31. The number of morpholine rings is 1. The maximum Gasteiger partial charge on any atom is 0.331 e. The van der Waals surface area contributed by atoms with E-state index in [1.807, 2.05) is 19.9 Å². The fourth-order valence-electron chi connectivity index (χ4n) is 4.69. The molecule has 2 aliphatic rings. The number of nitriles is 1. The van der Waals surface area contributed by atoms with Crippen LogP contribution in [0.4, 0.5) is 16.2 Å². The van der Waals surface area contributed by atoms with Crippen molar-refractivity contribution in [2.75, 3.05) is 30.3 Å². The molecule has 0 spiro atoms. The highest BCUT2D eigenvalue weighted by atomic mass is 35.5. The van der Waals surface area contributed by atoms with Crippen LogP contribution in [0.25, 0.3) is 10.9 Å². The van der Waals surface area contributed by atoms with E-state index in [2.05, 4.69) is 15.6 Å². The molecule has 1 atom stereocenters. The van der Waals surface area contributed by atoms with E-state index in [0.717, 1.165) is 12.8 Å². The Kier molecular flexibility index (Phi) is 7.60. The van der Waals surface area contributed by atoms with Crippen molar-refractivity contribution in [1.82, 2.24) is 19.0 Å². The molecule has 2 fully saturated rings. The summed E-state index contributed by atoms with van der Waals surface area (Å²) >= 11 is 5.99. The number of ether oxygens (including phenoxy) is 1. The van der Waals surface area contributed by atoms with Crippen molar-refractivity contribution in [2.45, 2.75) is 45.4 Å². The number of aromatic nitrogens is 3. The number of nitrogens with zero attached hydrogens (tertiary/aromatic N) is 5. The Bertz CT molecular complexity index is 1650. The molecule has 1 aliphatic heterocycles. The quantitative estimate of drug-likeness (QED) is 0.466. The Labute approximate surface area is 234 Å². The zero-order chi connectivity index (χ0) is 28.6. The van der Waals surface area contributed by atoms with Gasteiger partial charge in [0, 0.05) is 24.8 Å². The van der Waals surface area contributed by atoms with Crippen LogP contribution in [0.5, 0.6) is 0 Å². The van der Waals surface area contributed by atoms with Crippen LogP contribution in [0, 0.1) is 17.2 Å². The van der Waals surface area contributed by atoms with Crippen molar-refractivity contribution >= 4 is 45.8 Å². The molecule has 1 aliphatic carbocycles. The number of pyridine rings is 1. The van der Waals surface area contributed by atoms with Gasteiger partial charge in [-0.15, -0.1) is 0 Å². The molecule has 0 bridgehead atoms. The minimum atomic E-state index is -0.950. The van der Waals surface area contributed by atoms with Gasteiger partial charge in [0.2, 0.25) is 0 Å². The maximum absolute atomic E-state index is 13.3. The van der Waals surface area contributed by atoms with E-state index in [0.29, 0.717) is 34.7 Å². The molecular formula is C27H28ClN7O5. The number of carbonyl (C=O) groups is 2. The second-order valence-corrected chi connectivity index (χ2v) is 10.6. The molecule has 0 radical (unpaired) electrons. The van der Waals surface area contributed by atoms with Crippen LogP contribution in [-0.4, -0.2) is 56.8 Å². The van der Waals surface area contributed by atoms with Gasteiger partial charge in [-0.1, -0.05) is 11.6 Å². The Morgan fingerprint density at radius 1 is 1.20 bits per heavy atom. The topological polar surface area (TPSA) is 151 Å². The van der Waals surface area contributed by atoms with Crippen molar-refractivity contribution in [3.8, 4) is 6.07 Å². The van der Waals surface area contributed by atoms with E-state index in [1.54, 1.807) is 22.8 Å². The summed E-state index contributed by atoms with van der Waals surface area (Å²) in [6, 6.07) is 7.51. The minimum absolute atomic E-state index is 0.0101. The fraction of sp³-hybridized carbons (Fsp3) is 0.407. The molecule has 13 heteroatoms. The molecule has 3 aromatic rings. The normalized spacial score (nSPS) is 17.1. The van der Waals surface area contributed by atoms with Gasteiger partial charge in [-0.2, -0.15) is 5.26 Å². The first-order valence-electron chi connectivity index (χ1n) is 13.0. The van der Waals surface area contributed by atoms with Gasteiger partial charge in [-0.05, 0) is 56.9 Å². The SMILES string of the molecule is CC(C)n1c(=O)n(CC2CC2)c(=O)c2cc(NC(=O)C3CN(C(=O)Nc4cnc(C#N)c(Cl)c4)CCO3)ccc21. The van der Waals surface area contributed by atoms with E-state index in [-0.39, 0.29) is 47.7 Å². The first kappa shape index (κ1) is 27.4. The summed E-state index contributed by atoms with van der Waals surface area (Å²) in [5.41, 5.74) is 0.531.